The molecule has 2 unspecified atom stereocenters. The van der Waals surface area contributed by atoms with Crippen LogP contribution in [0.2, 0.25) is 0 Å². The highest BCUT2D eigenvalue weighted by Crippen LogP contribution is 2.37. The average molecular weight is 355 g/mol. The number of sulfonamides is 1. The molecule has 9 heteroatoms. The fraction of sp³-hybridized carbons (Fsp3) is 0.533. The minimum absolute atomic E-state index is 0.00216. The van der Waals surface area contributed by atoms with Crippen molar-refractivity contribution in [3.63, 3.8) is 0 Å². The van der Waals surface area contributed by atoms with Crippen LogP contribution in [-0.4, -0.2) is 47.2 Å². The summed E-state index contributed by atoms with van der Waals surface area (Å²) in [5.41, 5.74) is 0.398. The second-order valence-corrected chi connectivity index (χ2v) is 7.72. The quantitative estimate of drug-likeness (QED) is 0.717. The molecule has 2 atom stereocenters. The molecule has 2 aliphatic heterocycles. The highest BCUT2D eigenvalue weighted by molar-refractivity contribution is 7.89. The van der Waals surface area contributed by atoms with Crippen LogP contribution in [0.15, 0.2) is 17.0 Å². The number of carbonyl (C=O) groups is 1. The molecule has 0 saturated carbocycles. The third kappa shape index (κ3) is 3.33. The molecule has 0 spiro atoms. The monoisotopic (exact) mass is 355 g/mol. The van der Waals surface area contributed by atoms with Crippen molar-refractivity contribution in [1.29, 1.82) is 0 Å². The number of hydrogen-bond donors (Lipinski definition) is 3. The summed E-state index contributed by atoms with van der Waals surface area (Å²) < 4.78 is 38.9. The van der Waals surface area contributed by atoms with E-state index in [4.69, 9.17) is 9.47 Å². The Morgan fingerprint density at radius 1 is 1.38 bits per heavy atom. The zero-order valence-electron chi connectivity index (χ0n) is 13.6. The molecular weight excluding hydrogens is 334 g/mol. The fourth-order valence-electron chi connectivity index (χ4n) is 2.87. The molecule has 0 radical (unpaired) electrons. The fourth-order valence-corrected chi connectivity index (χ4v) is 4.38. The van der Waals surface area contributed by atoms with Crippen LogP contribution in [-0.2, 0) is 14.8 Å². The zero-order chi connectivity index (χ0) is 17.3. The predicted molar refractivity (Wildman–Crippen MR) is 87.9 cm³/mol. The van der Waals surface area contributed by atoms with Gasteiger partial charge in [-0.3, -0.25) is 4.79 Å². The number of amides is 1. The number of benzene rings is 1. The van der Waals surface area contributed by atoms with E-state index in [0.717, 1.165) is 13.0 Å². The van der Waals surface area contributed by atoms with Crippen molar-refractivity contribution >= 4 is 21.6 Å². The Balaban J connectivity index is 1.93. The highest BCUT2D eigenvalue weighted by Gasteiger charge is 2.30. The number of rotatable bonds is 4. The molecule has 8 nitrogen and oxygen atoms in total. The Kier molecular flexibility index (Phi) is 4.66. The summed E-state index contributed by atoms with van der Waals surface area (Å²) in [7, 11) is -2.40. The van der Waals surface area contributed by atoms with Crippen LogP contribution in [0.1, 0.15) is 13.3 Å². The summed E-state index contributed by atoms with van der Waals surface area (Å²) in [5.74, 6) is 0.412. The molecule has 1 amide bonds. The number of fused-ring (bicyclic) bond motifs is 1. The molecular formula is C15H21N3O5S. The molecule has 3 N–H and O–H groups in total. The minimum atomic E-state index is -3.79. The maximum Gasteiger partial charge on any atom is 0.262 e. The Labute approximate surface area is 141 Å². The van der Waals surface area contributed by atoms with Crippen molar-refractivity contribution in [3.8, 4) is 11.5 Å². The summed E-state index contributed by atoms with van der Waals surface area (Å²) in [4.78, 5) is 11.4. The van der Waals surface area contributed by atoms with Gasteiger partial charge in [-0.25, -0.2) is 13.1 Å². The zero-order valence-corrected chi connectivity index (χ0v) is 14.4. The first-order chi connectivity index (χ1) is 11.4. The Morgan fingerprint density at radius 3 is 2.88 bits per heavy atom. The van der Waals surface area contributed by atoms with Gasteiger partial charge in [-0.05, 0) is 18.9 Å². The van der Waals surface area contributed by atoms with Crippen molar-refractivity contribution in [2.45, 2.75) is 24.3 Å². The van der Waals surface area contributed by atoms with Gasteiger partial charge in [0.15, 0.2) is 6.61 Å². The van der Waals surface area contributed by atoms with Crippen molar-refractivity contribution in [3.05, 3.63) is 12.1 Å². The second-order valence-electron chi connectivity index (χ2n) is 6.03. The van der Waals surface area contributed by atoms with Gasteiger partial charge in [-0.15, -0.1) is 0 Å². The lowest BCUT2D eigenvalue weighted by molar-refractivity contribution is -0.118. The lowest BCUT2D eigenvalue weighted by atomic mass is 9.96. The van der Waals surface area contributed by atoms with Gasteiger partial charge >= 0.3 is 0 Å². The van der Waals surface area contributed by atoms with Crippen LogP contribution in [0.25, 0.3) is 0 Å². The lowest BCUT2D eigenvalue weighted by Gasteiger charge is -2.30. The smallest absolute Gasteiger partial charge is 0.262 e. The van der Waals surface area contributed by atoms with E-state index in [0.29, 0.717) is 18.0 Å². The van der Waals surface area contributed by atoms with E-state index < -0.39 is 10.0 Å². The maximum atomic E-state index is 12.8. The summed E-state index contributed by atoms with van der Waals surface area (Å²) >= 11 is 0. The normalized spacial score (nSPS) is 23.8. The Bertz CT molecular complexity index is 750. The summed E-state index contributed by atoms with van der Waals surface area (Å²) in [6.07, 6.45) is 0.906. The molecule has 1 aromatic rings. The summed E-state index contributed by atoms with van der Waals surface area (Å²) in [6, 6.07) is 2.66. The van der Waals surface area contributed by atoms with Gasteiger partial charge in [0.1, 0.15) is 16.4 Å². The van der Waals surface area contributed by atoms with Crippen LogP contribution < -0.4 is 24.8 Å². The van der Waals surface area contributed by atoms with E-state index in [2.05, 4.69) is 15.4 Å². The van der Waals surface area contributed by atoms with Crippen LogP contribution in [0.5, 0.6) is 11.5 Å². The molecule has 1 aromatic carbocycles. The topological polar surface area (TPSA) is 106 Å². The summed E-state index contributed by atoms with van der Waals surface area (Å²) in [6.45, 7) is 3.35. The van der Waals surface area contributed by atoms with Gasteiger partial charge in [-0.2, -0.15) is 0 Å². The number of carbonyl (C=O) groups excluding carboxylic acids is 1. The third-order valence-electron chi connectivity index (χ3n) is 4.32. The van der Waals surface area contributed by atoms with Crippen LogP contribution >= 0.6 is 0 Å². The highest BCUT2D eigenvalue weighted by atomic mass is 32.2. The standard InChI is InChI=1S/C15H21N3O5S/c1-9-3-4-16-7-11(9)18-24(20,21)14-6-12-10(5-13(14)22-2)17-15(19)8-23-12/h5-6,9,11,16,18H,3-4,7-8H2,1-2H3,(H,17,19). The van der Waals surface area contributed by atoms with Gasteiger partial charge in [0.05, 0.1) is 12.8 Å². The molecule has 2 aliphatic rings. The number of hydrogen-bond acceptors (Lipinski definition) is 6. The van der Waals surface area contributed by atoms with Gasteiger partial charge in [0.25, 0.3) is 5.91 Å². The number of anilines is 1. The van der Waals surface area contributed by atoms with E-state index in [1.165, 1.54) is 19.2 Å². The van der Waals surface area contributed by atoms with Crippen LogP contribution in [0.4, 0.5) is 5.69 Å². The van der Waals surface area contributed by atoms with Crippen molar-refractivity contribution in [1.82, 2.24) is 10.0 Å². The number of piperidine rings is 1. The Morgan fingerprint density at radius 2 is 2.17 bits per heavy atom. The van der Waals surface area contributed by atoms with E-state index in [-0.39, 0.29) is 35.1 Å². The molecule has 1 saturated heterocycles. The molecule has 0 bridgehead atoms. The minimum Gasteiger partial charge on any atom is -0.495 e. The molecule has 0 aromatic heterocycles. The average Bonchev–Trinajstić information content (AvgIpc) is 2.55. The van der Waals surface area contributed by atoms with Crippen LogP contribution in [0, 0.1) is 5.92 Å². The summed E-state index contributed by atoms with van der Waals surface area (Å²) in [5, 5.41) is 5.82. The SMILES string of the molecule is COc1cc2c(cc1S(=O)(=O)NC1CNCCC1C)OCC(=O)N2. The first-order valence-corrected chi connectivity index (χ1v) is 9.27. The van der Waals surface area contributed by atoms with Gasteiger partial charge in [0, 0.05) is 24.7 Å². The van der Waals surface area contributed by atoms with Crippen molar-refractivity contribution < 1.29 is 22.7 Å². The first kappa shape index (κ1) is 17.0. The maximum absolute atomic E-state index is 12.8. The first-order valence-electron chi connectivity index (χ1n) is 7.78. The molecule has 132 valence electrons. The lowest BCUT2D eigenvalue weighted by Crippen LogP contribution is -2.50. The van der Waals surface area contributed by atoms with E-state index in [9.17, 15) is 13.2 Å². The van der Waals surface area contributed by atoms with E-state index >= 15 is 0 Å². The predicted octanol–water partition coefficient (Wildman–Crippen LogP) is 0.302. The third-order valence-corrected chi connectivity index (χ3v) is 5.83. The Hall–Kier alpha value is -1.84. The van der Waals surface area contributed by atoms with Gasteiger partial charge in [-0.1, -0.05) is 6.92 Å². The van der Waals surface area contributed by atoms with Crippen LogP contribution in [0.3, 0.4) is 0 Å². The largest absolute Gasteiger partial charge is 0.495 e. The van der Waals surface area contributed by atoms with Crippen molar-refractivity contribution in [2.24, 2.45) is 5.92 Å². The van der Waals surface area contributed by atoms with E-state index in [1.807, 2.05) is 6.92 Å². The van der Waals surface area contributed by atoms with Crippen molar-refractivity contribution in [2.75, 3.05) is 32.1 Å². The molecule has 0 aliphatic carbocycles. The molecule has 1 fully saturated rings. The number of nitrogens with one attached hydrogen (secondary N) is 3. The number of methoxy groups -OCH3 is 1. The second kappa shape index (κ2) is 6.58. The molecule has 24 heavy (non-hydrogen) atoms. The number of ether oxygens (including phenoxy) is 2. The molecule has 2 heterocycles. The van der Waals surface area contributed by atoms with Gasteiger partial charge in [0.2, 0.25) is 10.0 Å². The van der Waals surface area contributed by atoms with Gasteiger partial charge < -0.3 is 20.1 Å². The molecule has 3 rings (SSSR count). The van der Waals surface area contributed by atoms with E-state index in [1.54, 1.807) is 0 Å².